The van der Waals surface area contributed by atoms with E-state index in [0.29, 0.717) is 16.7 Å². The van der Waals surface area contributed by atoms with E-state index in [-0.39, 0.29) is 29.7 Å². The lowest BCUT2D eigenvalue weighted by atomic mass is 9.47. The molecular weight excluding hydrogens is 584 g/mol. The van der Waals surface area contributed by atoms with Crippen LogP contribution in [0.25, 0.3) is 11.0 Å². The highest BCUT2D eigenvalue weighted by Crippen LogP contribution is 2.67. The molecule has 0 unspecified atom stereocenters. The summed E-state index contributed by atoms with van der Waals surface area (Å²) in [6, 6.07) is 3.83. The van der Waals surface area contributed by atoms with Crippen molar-refractivity contribution in [2.75, 3.05) is 6.61 Å². The van der Waals surface area contributed by atoms with Crippen LogP contribution < -0.4 is 10.4 Å². The standard InChI is InChI=1S/C42H58O5/c1-25(2)9-7-10-27(4)33-15-16-34-32-14-13-28-23-29(17-19-41(28,5)35(32)18-20-42(33,34)6)46-38(43)24-45-36-21-26(3)22-37-39(36)30-11-8-12-31(30)40(44)47-37/h13,21-22,25,27,29,32-35H,7-12,14-20,23-24H2,1-6H3/t27-,29+,32+,33-,34-,35-,41+,42-/m1/s1. The van der Waals surface area contributed by atoms with E-state index in [1.807, 2.05) is 19.1 Å². The van der Waals surface area contributed by atoms with Crippen LogP contribution in [0, 0.1) is 53.3 Å². The van der Waals surface area contributed by atoms with Gasteiger partial charge in [0.05, 0.1) is 5.39 Å². The minimum atomic E-state index is -0.315. The number of carbonyl (C=O) groups excluding carboxylic acids is 1. The normalized spacial score (nSPS) is 33.5. The molecule has 5 aliphatic rings. The number of benzene rings is 1. The number of esters is 1. The molecule has 2 aromatic rings. The van der Waals surface area contributed by atoms with E-state index in [1.165, 1.54) is 51.4 Å². The molecule has 47 heavy (non-hydrogen) atoms. The van der Waals surface area contributed by atoms with Gasteiger partial charge in [0, 0.05) is 12.0 Å². The summed E-state index contributed by atoms with van der Waals surface area (Å²) in [5.41, 5.74) is 5.27. The fourth-order valence-electron chi connectivity index (χ4n) is 11.7. The lowest BCUT2D eigenvalue weighted by Gasteiger charge is -2.58. The van der Waals surface area contributed by atoms with E-state index >= 15 is 0 Å². The molecular formula is C42H58O5. The zero-order valence-electron chi connectivity index (χ0n) is 29.9. The maximum Gasteiger partial charge on any atom is 0.344 e. The van der Waals surface area contributed by atoms with Crippen molar-refractivity contribution in [1.29, 1.82) is 0 Å². The molecule has 0 amide bonds. The average molecular weight is 643 g/mol. The first-order valence-corrected chi connectivity index (χ1v) is 19.1. The van der Waals surface area contributed by atoms with Gasteiger partial charge in [-0.1, -0.05) is 65.5 Å². The van der Waals surface area contributed by atoms with E-state index in [0.717, 1.165) is 96.1 Å². The van der Waals surface area contributed by atoms with Gasteiger partial charge < -0.3 is 13.9 Å². The number of aryl methyl sites for hydroxylation is 2. The van der Waals surface area contributed by atoms with E-state index < -0.39 is 0 Å². The van der Waals surface area contributed by atoms with Gasteiger partial charge in [0.25, 0.3) is 0 Å². The van der Waals surface area contributed by atoms with Gasteiger partial charge in [-0.25, -0.2) is 9.59 Å². The third kappa shape index (κ3) is 5.90. The molecule has 5 aliphatic carbocycles. The first-order valence-electron chi connectivity index (χ1n) is 19.1. The predicted molar refractivity (Wildman–Crippen MR) is 188 cm³/mol. The van der Waals surface area contributed by atoms with Gasteiger partial charge in [-0.15, -0.1) is 0 Å². The Labute approximate surface area is 282 Å². The predicted octanol–water partition coefficient (Wildman–Crippen LogP) is 9.92. The molecule has 7 rings (SSSR count). The fraction of sp³-hybridized carbons (Fsp3) is 0.714. The van der Waals surface area contributed by atoms with E-state index in [2.05, 4.69) is 40.7 Å². The van der Waals surface area contributed by atoms with Crippen LogP contribution in [0.2, 0.25) is 0 Å². The summed E-state index contributed by atoms with van der Waals surface area (Å²) in [5, 5.41) is 0.837. The third-order valence-electron chi connectivity index (χ3n) is 14.1. The van der Waals surface area contributed by atoms with Gasteiger partial charge in [0.2, 0.25) is 0 Å². The van der Waals surface area contributed by atoms with Crippen molar-refractivity contribution in [2.24, 2.45) is 46.3 Å². The number of hydrogen-bond acceptors (Lipinski definition) is 5. The van der Waals surface area contributed by atoms with Crippen molar-refractivity contribution >= 4 is 16.9 Å². The van der Waals surface area contributed by atoms with Gasteiger partial charge in [0.15, 0.2) is 6.61 Å². The fourth-order valence-corrected chi connectivity index (χ4v) is 11.7. The van der Waals surface area contributed by atoms with Crippen molar-refractivity contribution in [2.45, 2.75) is 138 Å². The van der Waals surface area contributed by atoms with Crippen LogP contribution in [0.1, 0.15) is 128 Å². The lowest BCUT2D eigenvalue weighted by Crippen LogP contribution is -2.51. The van der Waals surface area contributed by atoms with Gasteiger partial charge >= 0.3 is 11.6 Å². The van der Waals surface area contributed by atoms with Crippen LogP contribution in [0.15, 0.2) is 33.0 Å². The largest absolute Gasteiger partial charge is 0.481 e. The molecule has 0 bridgehead atoms. The quantitative estimate of drug-likeness (QED) is 0.155. The Balaban J connectivity index is 0.987. The van der Waals surface area contributed by atoms with Crippen LogP contribution in [-0.4, -0.2) is 18.7 Å². The second-order valence-electron chi connectivity index (χ2n) is 17.3. The molecule has 0 spiro atoms. The highest BCUT2D eigenvalue weighted by atomic mass is 16.6. The Kier molecular flexibility index (Phi) is 8.92. The van der Waals surface area contributed by atoms with Gasteiger partial charge in [-0.05, 0) is 141 Å². The number of fused-ring (bicyclic) bond motifs is 8. The Morgan fingerprint density at radius 3 is 2.62 bits per heavy atom. The average Bonchev–Trinajstić information content (AvgIpc) is 3.65. The van der Waals surface area contributed by atoms with Gasteiger partial charge in [-0.3, -0.25) is 0 Å². The van der Waals surface area contributed by atoms with Crippen molar-refractivity contribution in [3.05, 3.63) is 50.9 Å². The molecule has 256 valence electrons. The van der Waals surface area contributed by atoms with Crippen LogP contribution in [-0.2, 0) is 22.4 Å². The SMILES string of the molecule is Cc1cc(OCC(=O)O[C@H]2CC[C@@]3(C)C(=CC[C@H]4[C@H]5CC[C@H]([C@H](C)CCCC(C)C)[C@@]5(C)CC[C@H]43)C2)c2c3c(c(=O)oc2c1)CCC3. The summed E-state index contributed by atoms with van der Waals surface area (Å²) < 4.78 is 17.9. The van der Waals surface area contributed by atoms with Crippen molar-refractivity contribution in [3.63, 3.8) is 0 Å². The Morgan fingerprint density at radius 2 is 1.81 bits per heavy atom. The molecule has 1 heterocycles. The highest BCUT2D eigenvalue weighted by Gasteiger charge is 2.59. The summed E-state index contributed by atoms with van der Waals surface area (Å²) in [4.78, 5) is 25.7. The molecule has 8 atom stereocenters. The summed E-state index contributed by atoms with van der Waals surface area (Å²) in [6.45, 7) is 14.3. The maximum absolute atomic E-state index is 13.2. The van der Waals surface area contributed by atoms with Crippen LogP contribution in [0.4, 0.5) is 0 Å². The van der Waals surface area contributed by atoms with Crippen LogP contribution in [0.5, 0.6) is 5.75 Å². The number of rotatable bonds is 9. The molecule has 1 aromatic heterocycles. The monoisotopic (exact) mass is 642 g/mol. The van der Waals surface area contributed by atoms with Gasteiger partial charge in [-0.2, -0.15) is 0 Å². The molecule has 3 fully saturated rings. The van der Waals surface area contributed by atoms with Crippen LogP contribution >= 0.6 is 0 Å². The Bertz CT molecular complexity index is 1600. The first kappa shape index (κ1) is 33.0. The highest BCUT2D eigenvalue weighted by molar-refractivity contribution is 5.89. The Hall–Kier alpha value is -2.56. The third-order valence-corrected chi connectivity index (χ3v) is 14.1. The minimum Gasteiger partial charge on any atom is -0.481 e. The lowest BCUT2D eigenvalue weighted by molar-refractivity contribution is -0.153. The summed E-state index contributed by atoms with van der Waals surface area (Å²) >= 11 is 0. The molecule has 5 heteroatoms. The van der Waals surface area contributed by atoms with Gasteiger partial charge in [0.1, 0.15) is 17.4 Å². The number of allylic oxidation sites excluding steroid dienone is 1. The van der Waals surface area contributed by atoms with Crippen molar-refractivity contribution < 1.29 is 18.7 Å². The molecule has 0 N–H and O–H groups in total. The minimum absolute atomic E-state index is 0.0881. The molecule has 1 aromatic carbocycles. The molecule has 5 nitrogen and oxygen atoms in total. The number of ether oxygens (including phenoxy) is 2. The Morgan fingerprint density at radius 1 is 1.00 bits per heavy atom. The van der Waals surface area contributed by atoms with Crippen LogP contribution in [0.3, 0.4) is 0 Å². The zero-order valence-corrected chi connectivity index (χ0v) is 29.9. The topological polar surface area (TPSA) is 65.7 Å². The van der Waals surface area contributed by atoms with E-state index in [9.17, 15) is 9.59 Å². The summed E-state index contributed by atoms with van der Waals surface area (Å²) in [5.74, 6) is 5.24. The van der Waals surface area contributed by atoms with Crippen molar-refractivity contribution in [1.82, 2.24) is 0 Å². The second kappa shape index (κ2) is 12.7. The first-order chi connectivity index (χ1) is 22.5. The zero-order chi connectivity index (χ0) is 33.1. The second-order valence-corrected chi connectivity index (χ2v) is 17.3. The van der Waals surface area contributed by atoms with Crippen molar-refractivity contribution in [3.8, 4) is 5.75 Å². The molecule has 0 saturated heterocycles. The smallest absolute Gasteiger partial charge is 0.344 e. The molecule has 0 radical (unpaired) electrons. The summed E-state index contributed by atoms with van der Waals surface area (Å²) in [7, 11) is 0. The maximum atomic E-state index is 13.2. The van der Waals surface area contributed by atoms with E-state index in [4.69, 9.17) is 13.9 Å². The van der Waals surface area contributed by atoms with E-state index in [1.54, 1.807) is 5.57 Å². The summed E-state index contributed by atoms with van der Waals surface area (Å²) in [6.07, 6.45) is 18.8. The molecule has 3 saturated carbocycles. The number of hydrogen-bond donors (Lipinski definition) is 0. The molecule has 0 aliphatic heterocycles. The number of carbonyl (C=O) groups is 1.